The van der Waals surface area contributed by atoms with Crippen LogP contribution in [0.5, 0.6) is 11.5 Å². The van der Waals surface area contributed by atoms with Crippen molar-refractivity contribution in [2.75, 3.05) is 12.4 Å². The quantitative estimate of drug-likeness (QED) is 0.456. The van der Waals surface area contributed by atoms with Crippen LogP contribution in [0.1, 0.15) is 39.2 Å². The van der Waals surface area contributed by atoms with Crippen LogP contribution in [0.2, 0.25) is 0 Å². The SMILES string of the molecule is C/C=C(C)\C=C(/OC)c1cccc(-c2cc(F)c(NC(C)=O)c(OC3CC3)c2)c1O. The molecule has 30 heavy (non-hydrogen) atoms. The normalized spacial score (nSPS) is 14.4. The first-order valence-electron chi connectivity index (χ1n) is 9.83. The lowest BCUT2D eigenvalue weighted by molar-refractivity contribution is -0.114. The zero-order valence-corrected chi connectivity index (χ0v) is 17.6. The van der Waals surface area contributed by atoms with Gasteiger partial charge in [-0.25, -0.2) is 4.39 Å². The summed E-state index contributed by atoms with van der Waals surface area (Å²) in [6, 6.07) is 8.11. The average Bonchev–Trinajstić information content (AvgIpc) is 3.52. The fraction of sp³-hybridized carbons (Fsp3) is 0.292. The zero-order chi connectivity index (χ0) is 21.8. The summed E-state index contributed by atoms with van der Waals surface area (Å²) in [6.07, 6.45) is 5.54. The Morgan fingerprint density at radius 3 is 2.60 bits per heavy atom. The average molecular weight is 411 g/mol. The Hall–Kier alpha value is -3.28. The monoisotopic (exact) mass is 411 g/mol. The maximum Gasteiger partial charge on any atom is 0.221 e. The van der Waals surface area contributed by atoms with E-state index >= 15 is 0 Å². The number of anilines is 1. The Morgan fingerprint density at radius 2 is 2.00 bits per heavy atom. The molecule has 1 amide bonds. The van der Waals surface area contributed by atoms with Crippen LogP contribution >= 0.6 is 0 Å². The molecule has 158 valence electrons. The number of allylic oxidation sites excluding steroid dienone is 3. The Labute approximate surface area is 175 Å². The van der Waals surface area contributed by atoms with Gasteiger partial charge in [-0.1, -0.05) is 23.8 Å². The summed E-state index contributed by atoms with van der Waals surface area (Å²) in [4.78, 5) is 11.5. The summed E-state index contributed by atoms with van der Waals surface area (Å²) < 4.78 is 26.2. The minimum Gasteiger partial charge on any atom is -0.507 e. The van der Waals surface area contributed by atoms with Crippen molar-refractivity contribution in [2.24, 2.45) is 0 Å². The van der Waals surface area contributed by atoms with Crippen LogP contribution in [0.25, 0.3) is 16.9 Å². The third-order valence-electron chi connectivity index (χ3n) is 4.82. The van der Waals surface area contributed by atoms with Gasteiger partial charge in [0, 0.05) is 12.5 Å². The van der Waals surface area contributed by atoms with E-state index in [1.807, 2.05) is 26.0 Å². The number of hydrogen-bond donors (Lipinski definition) is 2. The molecule has 0 aliphatic heterocycles. The molecule has 5 nitrogen and oxygen atoms in total. The van der Waals surface area contributed by atoms with E-state index in [-0.39, 0.29) is 29.2 Å². The number of benzene rings is 2. The molecule has 0 saturated heterocycles. The van der Waals surface area contributed by atoms with Crippen molar-refractivity contribution < 1.29 is 23.8 Å². The summed E-state index contributed by atoms with van der Waals surface area (Å²) >= 11 is 0. The van der Waals surface area contributed by atoms with Crippen molar-refractivity contribution in [3.05, 3.63) is 59.4 Å². The maximum atomic E-state index is 14.9. The molecule has 1 aliphatic rings. The Bertz CT molecular complexity index is 1020. The van der Waals surface area contributed by atoms with E-state index in [2.05, 4.69) is 5.32 Å². The molecule has 0 bridgehead atoms. The summed E-state index contributed by atoms with van der Waals surface area (Å²) in [5, 5.41) is 13.4. The highest BCUT2D eigenvalue weighted by atomic mass is 19.1. The van der Waals surface area contributed by atoms with E-state index in [0.29, 0.717) is 22.4 Å². The zero-order valence-electron chi connectivity index (χ0n) is 17.6. The molecule has 0 heterocycles. The molecule has 1 saturated carbocycles. The predicted molar refractivity (Wildman–Crippen MR) is 116 cm³/mol. The number of ether oxygens (including phenoxy) is 2. The van der Waals surface area contributed by atoms with Crippen LogP contribution in [-0.4, -0.2) is 24.2 Å². The first kappa shape index (κ1) is 21.4. The third kappa shape index (κ3) is 4.82. The lowest BCUT2D eigenvalue weighted by atomic mass is 9.99. The van der Waals surface area contributed by atoms with Crippen LogP contribution in [0.15, 0.2) is 48.1 Å². The third-order valence-corrected chi connectivity index (χ3v) is 4.82. The number of carbonyl (C=O) groups excluding carboxylic acids is 1. The number of halogens is 1. The minimum absolute atomic E-state index is 0.00924. The number of nitrogens with one attached hydrogen (secondary N) is 1. The molecule has 6 heteroatoms. The highest BCUT2D eigenvalue weighted by Crippen LogP contribution is 2.41. The van der Waals surface area contributed by atoms with Crippen molar-refractivity contribution in [2.45, 2.75) is 39.7 Å². The van der Waals surface area contributed by atoms with Crippen LogP contribution in [0.3, 0.4) is 0 Å². The highest BCUT2D eigenvalue weighted by molar-refractivity contribution is 5.92. The van der Waals surface area contributed by atoms with Gasteiger partial charge in [0.1, 0.15) is 22.9 Å². The second kappa shape index (κ2) is 9.03. The Kier molecular flexibility index (Phi) is 6.45. The number of aromatic hydroxyl groups is 1. The molecule has 0 spiro atoms. The van der Waals surface area contributed by atoms with Crippen LogP contribution in [0.4, 0.5) is 10.1 Å². The lowest BCUT2D eigenvalue weighted by Gasteiger charge is -2.16. The molecule has 0 unspecified atom stereocenters. The molecular formula is C24H26FNO4. The Balaban J connectivity index is 2.10. The fourth-order valence-electron chi connectivity index (χ4n) is 3.00. The first-order chi connectivity index (χ1) is 14.3. The van der Waals surface area contributed by atoms with Gasteiger partial charge in [-0.2, -0.15) is 0 Å². The molecule has 0 radical (unpaired) electrons. The number of amides is 1. The topological polar surface area (TPSA) is 67.8 Å². The van der Waals surface area contributed by atoms with Crippen LogP contribution in [0, 0.1) is 5.82 Å². The number of carbonyl (C=O) groups is 1. The van der Waals surface area contributed by atoms with Gasteiger partial charge in [0.15, 0.2) is 5.82 Å². The summed E-state index contributed by atoms with van der Waals surface area (Å²) in [6.45, 7) is 5.16. The number of hydrogen-bond acceptors (Lipinski definition) is 4. The summed E-state index contributed by atoms with van der Waals surface area (Å²) in [5.74, 6) is -0.301. The molecular weight excluding hydrogens is 385 g/mol. The number of phenolic OH excluding ortho intramolecular Hbond substituents is 1. The van der Waals surface area contributed by atoms with Crippen molar-refractivity contribution in [3.8, 4) is 22.6 Å². The lowest BCUT2D eigenvalue weighted by Crippen LogP contribution is -2.10. The van der Waals surface area contributed by atoms with Gasteiger partial charge in [0.2, 0.25) is 5.91 Å². The van der Waals surface area contributed by atoms with Gasteiger partial charge in [-0.15, -0.1) is 0 Å². The maximum absolute atomic E-state index is 14.9. The molecule has 2 aromatic carbocycles. The van der Waals surface area contributed by atoms with Gasteiger partial charge in [0.05, 0.1) is 18.8 Å². The number of methoxy groups -OCH3 is 1. The minimum atomic E-state index is -0.629. The van der Waals surface area contributed by atoms with Gasteiger partial charge in [-0.05, 0) is 56.5 Å². The van der Waals surface area contributed by atoms with Crippen molar-refractivity contribution in [1.82, 2.24) is 0 Å². The van der Waals surface area contributed by atoms with Crippen LogP contribution < -0.4 is 10.1 Å². The first-order valence-corrected chi connectivity index (χ1v) is 9.83. The van der Waals surface area contributed by atoms with Crippen molar-refractivity contribution in [1.29, 1.82) is 0 Å². The van der Waals surface area contributed by atoms with E-state index in [1.165, 1.54) is 20.1 Å². The van der Waals surface area contributed by atoms with Gasteiger partial charge < -0.3 is 19.9 Å². The van der Waals surface area contributed by atoms with E-state index in [4.69, 9.17) is 9.47 Å². The van der Waals surface area contributed by atoms with E-state index in [1.54, 1.807) is 24.3 Å². The molecule has 2 aromatic rings. The second-order valence-electron chi connectivity index (χ2n) is 7.28. The van der Waals surface area contributed by atoms with Crippen LogP contribution in [-0.2, 0) is 9.53 Å². The molecule has 1 aliphatic carbocycles. The van der Waals surface area contributed by atoms with Gasteiger partial charge in [0.25, 0.3) is 0 Å². The van der Waals surface area contributed by atoms with Crippen molar-refractivity contribution >= 4 is 17.4 Å². The smallest absolute Gasteiger partial charge is 0.221 e. The number of phenols is 1. The van der Waals surface area contributed by atoms with Crippen molar-refractivity contribution in [3.63, 3.8) is 0 Å². The second-order valence-corrected chi connectivity index (χ2v) is 7.28. The molecule has 2 N–H and O–H groups in total. The summed E-state index contributed by atoms with van der Waals surface area (Å²) in [7, 11) is 1.53. The molecule has 3 rings (SSSR count). The van der Waals surface area contributed by atoms with Gasteiger partial charge in [-0.3, -0.25) is 4.79 Å². The molecule has 0 aromatic heterocycles. The Morgan fingerprint density at radius 1 is 1.27 bits per heavy atom. The predicted octanol–water partition coefficient (Wildman–Crippen LogP) is 5.65. The van der Waals surface area contributed by atoms with E-state index in [9.17, 15) is 14.3 Å². The highest BCUT2D eigenvalue weighted by Gasteiger charge is 2.27. The summed E-state index contributed by atoms with van der Waals surface area (Å²) in [5.41, 5.74) is 2.35. The van der Waals surface area contributed by atoms with E-state index < -0.39 is 5.82 Å². The fourth-order valence-corrected chi connectivity index (χ4v) is 3.00. The van der Waals surface area contributed by atoms with Gasteiger partial charge >= 0.3 is 0 Å². The standard InChI is InChI=1S/C24H26FNO4/c1-5-14(2)11-21(29-4)19-8-6-7-18(24(19)28)16-12-20(25)23(26-15(3)27)22(13-16)30-17-9-10-17/h5-8,11-13,17,28H,9-10H2,1-4H3,(H,26,27)/b14-5-,21-11-. The largest absolute Gasteiger partial charge is 0.507 e. The number of para-hydroxylation sites is 1. The number of rotatable bonds is 7. The van der Waals surface area contributed by atoms with E-state index in [0.717, 1.165) is 18.4 Å². The molecule has 1 fully saturated rings. The molecule has 0 atom stereocenters.